The molecule has 1 fully saturated rings. The highest BCUT2D eigenvalue weighted by Crippen LogP contribution is 2.47. The summed E-state index contributed by atoms with van der Waals surface area (Å²) in [5, 5.41) is 49.2. The SMILES string of the molecule is CC/C=C\C/C=C\C/C=C\C/C=C\C/C=C\CCCCCC(=O)OC(COC(C)=O)COP(=O)(O)OC1C(O)C(O)C(O)C(O)C1O. The van der Waals surface area contributed by atoms with Gasteiger partial charge in [0.05, 0.1) is 6.61 Å². The highest BCUT2D eigenvalue weighted by atomic mass is 31.2. The van der Waals surface area contributed by atoms with E-state index in [-0.39, 0.29) is 6.42 Å². The molecule has 0 bridgehead atoms. The van der Waals surface area contributed by atoms with Crippen molar-refractivity contribution in [2.75, 3.05) is 13.2 Å². The molecular formula is C33H53O13P. The highest BCUT2D eigenvalue weighted by Gasteiger charge is 2.51. The number of unbranched alkanes of at least 4 members (excludes halogenated alkanes) is 3. The molecular weight excluding hydrogens is 635 g/mol. The van der Waals surface area contributed by atoms with Gasteiger partial charge in [0, 0.05) is 13.3 Å². The van der Waals surface area contributed by atoms with E-state index in [1.165, 1.54) is 0 Å². The van der Waals surface area contributed by atoms with Crippen LogP contribution in [-0.4, -0.2) is 98.3 Å². The Morgan fingerprint density at radius 1 is 0.702 bits per heavy atom. The van der Waals surface area contributed by atoms with E-state index in [1.807, 2.05) is 0 Å². The number of phosphoric acid groups is 1. The van der Waals surface area contributed by atoms with Crippen molar-refractivity contribution in [1.82, 2.24) is 0 Å². The average molecular weight is 689 g/mol. The molecule has 0 saturated heterocycles. The number of carbonyl (C=O) groups excluding carboxylic acids is 2. The van der Waals surface area contributed by atoms with Gasteiger partial charge in [0.1, 0.15) is 43.2 Å². The van der Waals surface area contributed by atoms with Crippen molar-refractivity contribution in [2.24, 2.45) is 0 Å². The second-order valence-corrected chi connectivity index (χ2v) is 12.4. The molecule has 0 heterocycles. The normalized spacial score (nSPS) is 25.7. The van der Waals surface area contributed by atoms with Gasteiger partial charge in [0.15, 0.2) is 6.10 Å². The predicted molar refractivity (Wildman–Crippen MR) is 175 cm³/mol. The van der Waals surface area contributed by atoms with Crippen molar-refractivity contribution in [1.29, 1.82) is 0 Å². The summed E-state index contributed by atoms with van der Waals surface area (Å²) in [6.45, 7) is 2.00. The molecule has 0 aromatic rings. The van der Waals surface area contributed by atoms with Crippen LogP contribution in [0.25, 0.3) is 0 Å². The number of aliphatic hydroxyl groups excluding tert-OH is 5. The summed E-state index contributed by atoms with van der Waals surface area (Å²) >= 11 is 0. The smallest absolute Gasteiger partial charge is 0.462 e. The van der Waals surface area contributed by atoms with Gasteiger partial charge in [0.25, 0.3) is 0 Å². The van der Waals surface area contributed by atoms with Crippen molar-refractivity contribution in [2.45, 2.75) is 121 Å². The number of rotatable bonds is 23. The zero-order valence-electron chi connectivity index (χ0n) is 27.3. The molecule has 0 aliphatic heterocycles. The van der Waals surface area contributed by atoms with Gasteiger partial charge in [-0.25, -0.2) is 4.57 Å². The Morgan fingerprint density at radius 2 is 1.19 bits per heavy atom. The summed E-state index contributed by atoms with van der Waals surface area (Å²) in [4.78, 5) is 33.7. The molecule has 0 aromatic heterocycles. The van der Waals surface area contributed by atoms with Crippen LogP contribution in [0.4, 0.5) is 0 Å². The molecule has 1 saturated carbocycles. The van der Waals surface area contributed by atoms with E-state index in [4.69, 9.17) is 18.5 Å². The lowest BCUT2D eigenvalue weighted by Crippen LogP contribution is -2.64. The van der Waals surface area contributed by atoms with Crippen molar-refractivity contribution in [3.05, 3.63) is 60.8 Å². The van der Waals surface area contributed by atoms with E-state index in [0.29, 0.717) is 6.42 Å². The first-order valence-electron chi connectivity index (χ1n) is 16.0. The van der Waals surface area contributed by atoms with Crippen LogP contribution in [0.15, 0.2) is 60.8 Å². The zero-order valence-corrected chi connectivity index (χ0v) is 28.2. The summed E-state index contributed by atoms with van der Waals surface area (Å²) in [5.41, 5.74) is 0. The minimum absolute atomic E-state index is 0.0497. The van der Waals surface area contributed by atoms with Crippen LogP contribution >= 0.6 is 7.82 Å². The second kappa shape index (κ2) is 24.7. The molecule has 14 heteroatoms. The molecule has 6 unspecified atom stereocenters. The molecule has 1 aliphatic rings. The molecule has 6 atom stereocenters. The van der Waals surface area contributed by atoms with Gasteiger partial charge in [-0.15, -0.1) is 0 Å². The lowest BCUT2D eigenvalue weighted by atomic mass is 9.85. The first-order chi connectivity index (χ1) is 22.4. The lowest BCUT2D eigenvalue weighted by Gasteiger charge is -2.41. The maximum atomic E-state index is 12.5. The molecule has 13 nitrogen and oxygen atoms in total. The van der Waals surface area contributed by atoms with Gasteiger partial charge in [-0.3, -0.25) is 18.6 Å². The third kappa shape index (κ3) is 19.2. The molecule has 47 heavy (non-hydrogen) atoms. The first-order valence-corrected chi connectivity index (χ1v) is 17.5. The zero-order chi connectivity index (χ0) is 35.1. The van der Waals surface area contributed by atoms with Gasteiger partial charge in [0.2, 0.25) is 0 Å². The molecule has 0 aromatic carbocycles. The van der Waals surface area contributed by atoms with Crippen LogP contribution in [0.3, 0.4) is 0 Å². The van der Waals surface area contributed by atoms with Crippen LogP contribution in [0.5, 0.6) is 0 Å². The Hall–Kier alpha value is -2.45. The number of aliphatic hydroxyl groups is 5. The van der Waals surface area contributed by atoms with Gasteiger partial charge < -0.3 is 39.9 Å². The van der Waals surface area contributed by atoms with Gasteiger partial charge in [-0.05, 0) is 51.4 Å². The third-order valence-corrected chi connectivity index (χ3v) is 7.92. The summed E-state index contributed by atoms with van der Waals surface area (Å²) in [7, 11) is -5.08. The Bertz CT molecular complexity index is 1070. The van der Waals surface area contributed by atoms with Crippen molar-refractivity contribution in [3.63, 3.8) is 0 Å². The Kier molecular flexibility index (Phi) is 22.3. The maximum absolute atomic E-state index is 12.5. The van der Waals surface area contributed by atoms with Crippen molar-refractivity contribution >= 4 is 19.8 Å². The molecule has 1 rings (SSSR count). The minimum Gasteiger partial charge on any atom is -0.462 e. The molecule has 1 aliphatic carbocycles. The highest BCUT2D eigenvalue weighted by molar-refractivity contribution is 7.47. The van der Waals surface area contributed by atoms with E-state index < -0.39 is 75.7 Å². The van der Waals surface area contributed by atoms with Crippen molar-refractivity contribution in [3.8, 4) is 0 Å². The summed E-state index contributed by atoms with van der Waals surface area (Å²) in [6.07, 6.45) is 15.9. The Balaban J connectivity index is 2.34. The maximum Gasteiger partial charge on any atom is 0.472 e. The van der Waals surface area contributed by atoms with Crippen LogP contribution in [0, 0.1) is 0 Å². The molecule has 0 spiro atoms. The quantitative estimate of drug-likeness (QED) is 0.0394. The average Bonchev–Trinajstić information content (AvgIpc) is 3.03. The summed E-state index contributed by atoms with van der Waals surface area (Å²) < 4.78 is 32.1. The standard InChI is InChI=1S/C33H53O13P/c1-3-4-5-6-7-8-9-10-11-12-13-14-15-16-17-18-19-20-21-22-27(35)45-26(23-43-25(2)34)24-44-47(41,42)46-33-31(39)29(37)28(36)30(38)32(33)40/h4-5,7-8,10-11,13-14,16-17,26,28-33,36-40H,3,6,9,12,15,18-24H2,1-2H3,(H,41,42)/b5-4-,8-7-,11-10-,14-13-,17-16-. The molecule has 6 N–H and O–H groups in total. The van der Waals surface area contributed by atoms with E-state index in [1.54, 1.807) is 0 Å². The number of hydrogen-bond donors (Lipinski definition) is 6. The van der Waals surface area contributed by atoms with E-state index >= 15 is 0 Å². The monoisotopic (exact) mass is 688 g/mol. The lowest BCUT2D eigenvalue weighted by molar-refractivity contribution is -0.220. The topological polar surface area (TPSA) is 210 Å². The van der Waals surface area contributed by atoms with E-state index in [0.717, 1.165) is 58.3 Å². The first kappa shape index (κ1) is 42.6. The summed E-state index contributed by atoms with van der Waals surface area (Å²) in [5.74, 6) is -1.34. The number of carbonyl (C=O) groups is 2. The number of esters is 2. The van der Waals surface area contributed by atoms with Crippen LogP contribution in [0.1, 0.15) is 78.1 Å². The Morgan fingerprint density at radius 3 is 1.70 bits per heavy atom. The fourth-order valence-electron chi connectivity index (χ4n) is 4.33. The number of hydrogen-bond acceptors (Lipinski definition) is 12. The van der Waals surface area contributed by atoms with E-state index in [9.17, 15) is 44.6 Å². The van der Waals surface area contributed by atoms with E-state index in [2.05, 4.69) is 67.7 Å². The second-order valence-electron chi connectivity index (χ2n) is 11.0. The molecule has 0 radical (unpaired) electrons. The number of ether oxygens (including phenoxy) is 2. The van der Waals surface area contributed by atoms with Crippen LogP contribution < -0.4 is 0 Å². The fourth-order valence-corrected chi connectivity index (χ4v) is 5.30. The fraction of sp³-hybridized carbons (Fsp3) is 0.636. The number of phosphoric ester groups is 1. The van der Waals surface area contributed by atoms with Gasteiger partial charge in [-0.1, -0.05) is 74.1 Å². The van der Waals surface area contributed by atoms with Crippen LogP contribution in [0.2, 0.25) is 0 Å². The Labute approximate surface area is 277 Å². The minimum atomic E-state index is -5.08. The molecule has 268 valence electrons. The van der Waals surface area contributed by atoms with Gasteiger partial charge >= 0.3 is 19.8 Å². The predicted octanol–water partition coefficient (Wildman–Crippen LogP) is 3.48. The van der Waals surface area contributed by atoms with Crippen LogP contribution in [-0.2, 0) is 32.7 Å². The third-order valence-electron chi connectivity index (χ3n) is 6.93. The summed E-state index contributed by atoms with van der Waals surface area (Å²) in [6, 6.07) is 0. The largest absolute Gasteiger partial charge is 0.472 e. The number of allylic oxidation sites excluding steroid dienone is 10. The van der Waals surface area contributed by atoms with Crippen molar-refractivity contribution < 1.29 is 63.1 Å². The van der Waals surface area contributed by atoms with Gasteiger partial charge in [-0.2, -0.15) is 0 Å². The molecule has 0 amide bonds.